The summed E-state index contributed by atoms with van der Waals surface area (Å²) < 4.78 is 17.7. The maximum Gasteiger partial charge on any atom is 0.357 e. The highest BCUT2D eigenvalue weighted by molar-refractivity contribution is 5.82. The second kappa shape index (κ2) is 8.58. The van der Waals surface area contributed by atoms with Crippen LogP contribution in [0, 0.1) is 0 Å². The van der Waals surface area contributed by atoms with Crippen LogP contribution < -0.4 is 10.5 Å². The van der Waals surface area contributed by atoms with Crippen molar-refractivity contribution in [2.45, 2.75) is 54.9 Å². The van der Waals surface area contributed by atoms with Crippen LogP contribution in [0.15, 0.2) is 54.3 Å². The molecule has 2 aliphatic carbocycles. The highest BCUT2D eigenvalue weighted by atomic mass is 16.6. The number of phenols is 1. The van der Waals surface area contributed by atoms with E-state index in [9.17, 15) is 19.8 Å². The average Bonchev–Trinajstić information content (AvgIpc) is 3.25. The zero-order valence-electron chi connectivity index (χ0n) is 20.6. The number of hydrogen-bond donors (Lipinski definition) is 3. The van der Waals surface area contributed by atoms with Crippen molar-refractivity contribution in [2.75, 3.05) is 20.1 Å². The lowest BCUT2D eigenvalue weighted by molar-refractivity contribution is -0.176. The number of nitrogens with two attached hydrogens (primary N) is 1. The first-order chi connectivity index (χ1) is 17.8. The second-order valence-electron chi connectivity index (χ2n) is 10.3. The molecule has 4 aliphatic rings. The Morgan fingerprint density at radius 2 is 2.03 bits per heavy atom. The fourth-order valence-electron chi connectivity index (χ4n) is 6.80. The number of ether oxygens (including phenoxy) is 3. The summed E-state index contributed by atoms with van der Waals surface area (Å²) in [7, 11) is 2.01. The Morgan fingerprint density at radius 3 is 2.78 bits per heavy atom. The Bertz CT molecular complexity index is 1290. The number of phenolic OH excluding ortho intramolecular Hbond substituents is 1. The SMILES string of the molecule is CN1CCC23c4c5ccc(O)c4OC2C(OC(=O)[C@H](OC(=O)CCN)c2ccccc2)=CC[C@@]3(O)[C@H]1C5. The maximum absolute atomic E-state index is 13.5. The van der Waals surface area contributed by atoms with E-state index in [1.807, 2.05) is 13.1 Å². The molecule has 0 aromatic heterocycles. The van der Waals surface area contributed by atoms with Crippen molar-refractivity contribution in [1.82, 2.24) is 4.90 Å². The van der Waals surface area contributed by atoms with Crippen molar-refractivity contribution in [3.63, 3.8) is 0 Å². The summed E-state index contributed by atoms with van der Waals surface area (Å²) in [6, 6.07) is 12.0. The van der Waals surface area contributed by atoms with Crippen molar-refractivity contribution in [3.8, 4) is 11.5 Å². The summed E-state index contributed by atoms with van der Waals surface area (Å²) in [5, 5.41) is 22.9. The number of hydrogen-bond acceptors (Lipinski definition) is 9. The molecule has 0 saturated carbocycles. The van der Waals surface area contributed by atoms with Gasteiger partial charge < -0.3 is 35.1 Å². The van der Waals surface area contributed by atoms with E-state index in [1.165, 1.54) is 0 Å². The topological polar surface area (TPSA) is 132 Å². The van der Waals surface area contributed by atoms with Crippen LogP contribution in [0.25, 0.3) is 0 Å². The third kappa shape index (κ3) is 3.34. The smallest absolute Gasteiger partial charge is 0.357 e. The third-order valence-corrected chi connectivity index (χ3v) is 8.49. The molecular weight excluding hydrogens is 476 g/mol. The Kier molecular flexibility index (Phi) is 5.56. The van der Waals surface area contributed by atoms with Crippen molar-refractivity contribution in [3.05, 3.63) is 71.0 Å². The van der Waals surface area contributed by atoms with Gasteiger partial charge in [-0.25, -0.2) is 4.79 Å². The van der Waals surface area contributed by atoms with E-state index in [-0.39, 0.29) is 36.9 Å². The molecule has 0 radical (unpaired) electrons. The van der Waals surface area contributed by atoms with Crippen LogP contribution in [0.2, 0.25) is 0 Å². The summed E-state index contributed by atoms with van der Waals surface area (Å²) in [5.41, 5.74) is 5.73. The van der Waals surface area contributed by atoms with Crippen LogP contribution in [-0.4, -0.2) is 64.9 Å². The molecule has 9 nitrogen and oxygen atoms in total. The van der Waals surface area contributed by atoms with Crippen LogP contribution in [-0.2, 0) is 30.9 Å². The van der Waals surface area contributed by atoms with Gasteiger partial charge >= 0.3 is 11.9 Å². The molecule has 194 valence electrons. The number of esters is 2. The predicted octanol–water partition coefficient (Wildman–Crippen LogP) is 1.85. The van der Waals surface area contributed by atoms with Crippen molar-refractivity contribution in [1.29, 1.82) is 0 Å². The summed E-state index contributed by atoms with van der Waals surface area (Å²) in [5.74, 6) is -0.804. The van der Waals surface area contributed by atoms with Gasteiger partial charge in [-0.2, -0.15) is 0 Å². The predicted molar refractivity (Wildman–Crippen MR) is 132 cm³/mol. The van der Waals surface area contributed by atoms with E-state index < -0.39 is 35.2 Å². The summed E-state index contributed by atoms with van der Waals surface area (Å²) in [4.78, 5) is 27.9. The fraction of sp³-hybridized carbons (Fsp3) is 0.429. The van der Waals surface area contributed by atoms with E-state index in [0.29, 0.717) is 30.7 Å². The Hall–Kier alpha value is -3.40. The highest BCUT2D eigenvalue weighted by Crippen LogP contribution is 2.65. The monoisotopic (exact) mass is 506 g/mol. The summed E-state index contributed by atoms with van der Waals surface area (Å²) >= 11 is 0. The van der Waals surface area contributed by atoms with E-state index in [0.717, 1.165) is 11.1 Å². The molecule has 4 N–H and O–H groups in total. The van der Waals surface area contributed by atoms with Gasteiger partial charge in [0, 0.05) is 30.1 Å². The highest BCUT2D eigenvalue weighted by Gasteiger charge is 2.72. The number of piperidine rings is 1. The molecule has 1 saturated heterocycles. The van der Waals surface area contributed by atoms with E-state index in [1.54, 1.807) is 42.5 Å². The molecule has 2 aliphatic heterocycles. The Balaban J connectivity index is 1.38. The molecule has 0 amide bonds. The standard InChI is InChI=1S/C28H30N2O7/c1-30-14-12-27-22-17-7-8-18(31)24(22)37-25(27)19(9-11-28(27,34)20(30)15-17)35-26(33)23(36-21(32)10-13-29)16-5-3-2-4-6-16/h2-9,20,23,25,31,34H,10-15,29H2,1H3/t20-,23-,25?,27?,28-/m1/s1. The second-order valence-corrected chi connectivity index (χ2v) is 10.3. The number of carbonyl (C=O) groups is 2. The molecule has 1 fully saturated rings. The first-order valence-corrected chi connectivity index (χ1v) is 12.6. The molecular formula is C28H30N2O7. The molecule has 5 atom stereocenters. The molecule has 2 aromatic carbocycles. The van der Waals surface area contributed by atoms with Crippen molar-refractivity contribution in [2.24, 2.45) is 5.73 Å². The van der Waals surface area contributed by atoms with Gasteiger partial charge in [-0.3, -0.25) is 4.79 Å². The van der Waals surface area contributed by atoms with E-state index in [2.05, 4.69) is 4.90 Å². The average molecular weight is 507 g/mol. The van der Waals surface area contributed by atoms with Crippen molar-refractivity contribution < 1.29 is 34.0 Å². The zero-order valence-corrected chi connectivity index (χ0v) is 20.6. The molecule has 2 unspecified atom stereocenters. The molecule has 1 spiro atoms. The lowest BCUT2D eigenvalue weighted by Gasteiger charge is -2.61. The van der Waals surface area contributed by atoms with Crippen molar-refractivity contribution >= 4 is 11.9 Å². The molecule has 6 rings (SSSR count). The first-order valence-electron chi connectivity index (χ1n) is 12.6. The third-order valence-electron chi connectivity index (χ3n) is 8.49. The van der Waals surface area contributed by atoms with Crippen LogP contribution >= 0.6 is 0 Å². The largest absolute Gasteiger partial charge is 0.504 e. The molecule has 2 aromatic rings. The first kappa shape index (κ1) is 24.0. The summed E-state index contributed by atoms with van der Waals surface area (Å²) in [6.07, 6.45) is 1.00. The number of likely N-dealkylation sites (N-methyl/N-ethyl adjacent to an activating group) is 1. The molecule has 37 heavy (non-hydrogen) atoms. The normalized spacial score (nSPS) is 30.0. The van der Waals surface area contributed by atoms with Gasteiger partial charge in [-0.1, -0.05) is 36.4 Å². The number of aromatic hydroxyl groups is 1. The minimum Gasteiger partial charge on any atom is -0.504 e. The van der Waals surface area contributed by atoms with Gasteiger partial charge in [-0.05, 0) is 44.1 Å². The minimum absolute atomic E-state index is 0.00851. The van der Waals surface area contributed by atoms with Crippen LogP contribution in [0.3, 0.4) is 0 Å². The number of rotatable bonds is 6. The Morgan fingerprint density at radius 1 is 1.24 bits per heavy atom. The van der Waals surface area contributed by atoms with Gasteiger partial charge in [-0.15, -0.1) is 0 Å². The van der Waals surface area contributed by atoms with Gasteiger partial charge in [0.25, 0.3) is 0 Å². The van der Waals surface area contributed by atoms with Gasteiger partial charge in [0.15, 0.2) is 17.6 Å². The number of carbonyl (C=O) groups excluding carboxylic acids is 2. The van der Waals surface area contributed by atoms with Gasteiger partial charge in [0.1, 0.15) is 5.76 Å². The van der Waals surface area contributed by atoms with E-state index >= 15 is 0 Å². The minimum atomic E-state index is -1.29. The van der Waals surface area contributed by atoms with Gasteiger partial charge in [0.2, 0.25) is 6.10 Å². The van der Waals surface area contributed by atoms with E-state index in [4.69, 9.17) is 19.9 Å². The quantitative estimate of drug-likeness (QED) is 0.502. The molecule has 2 bridgehead atoms. The number of benzene rings is 2. The van der Waals surface area contributed by atoms with Crippen LogP contribution in [0.5, 0.6) is 11.5 Å². The number of likely N-dealkylation sites (tertiary alicyclic amines) is 1. The zero-order chi connectivity index (χ0) is 25.9. The van der Waals surface area contributed by atoms with Crippen LogP contribution in [0.4, 0.5) is 0 Å². The molecule has 2 heterocycles. The number of nitrogens with zero attached hydrogens (tertiary/aromatic N) is 1. The van der Waals surface area contributed by atoms with Crippen LogP contribution in [0.1, 0.15) is 42.1 Å². The number of aliphatic hydroxyl groups is 1. The molecule has 9 heteroatoms. The van der Waals surface area contributed by atoms with Gasteiger partial charge in [0.05, 0.1) is 17.4 Å². The summed E-state index contributed by atoms with van der Waals surface area (Å²) in [6.45, 7) is 0.809. The lowest BCUT2D eigenvalue weighted by atomic mass is 9.50. The lowest BCUT2D eigenvalue weighted by Crippen LogP contribution is -2.74. The maximum atomic E-state index is 13.5. The Labute approximate surface area is 214 Å². The fourth-order valence-corrected chi connectivity index (χ4v) is 6.80.